The second-order valence-corrected chi connectivity index (χ2v) is 11.1. The number of hydrogen-bond donors (Lipinski definition) is 0. The van der Waals surface area contributed by atoms with Crippen molar-refractivity contribution in [2.75, 3.05) is 0 Å². The van der Waals surface area contributed by atoms with Gasteiger partial charge >= 0.3 is 0 Å². The Kier molecular flexibility index (Phi) is 2.68. The molecule has 0 aliphatic heterocycles. The molecule has 0 radical (unpaired) electrons. The monoisotopic (exact) mass is 661 g/mol. The van der Waals surface area contributed by atoms with Gasteiger partial charge in [-0.05, 0) is 52.0 Å². The summed E-state index contributed by atoms with van der Waals surface area (Å²) in [6.45, 7) is 0. The zero-order valence-electron chi connectivity index (χ0n) is 49.0. The maximum Gasteiger partial charge on any atom is 0.180 e. The quantitative estimate of drug-likeness (QED) is 0.176. The molecule has 0 spiro atoms. The van der Waals surface area contributed by atoms with Crippen LogP contribution in [-0.4, -0.2) is 14.5 Å². The van der Waals surface area contributed by atoms with Crippen LogP contribution in [0.3, 0.4) is 0 Å². The van der Waals surface area contributed by atoms with Crippen LogP contribution >= 0.6 is 0 Å². The van der Waals surface area contributed by atoms with Crippen LogP contribution in [0.4, 0.5) is 0 Å². The molecule has 4 heteroatoms. The summed E-state index contributed by atoms with van der Waals surface area (Å²) in [4.78, 5) is 9.12. The molecule has 50 heavy (non-hydrogen) atoms. The number of fused-ring (bicyclic) bond motifs is 6. The zero-order valence-corrected chi connectivity index (χ0v) is 25.0. The molecule has 8 aromatic carbocycles. The highest BCUT2D eigenvalue weighted by Crippen LogP contribution is 2.48. The summed E-state index contributed by atoms with van der Waals surface area (Å²) in [6.07, 6.45) is 0. The molecule has 3 heterocycles. The van der Waals surface area contributed by atoms with E-state index in [9.17, 15) is 8.22 Å². The van der Waals surface area contributed by atoms with Gasteiger partial charge in [-0.15, -0.1) is 0 Å². The van der Waals surface area contributed by atoms with Crippen LogP contribution in [0.2, 0.25) is 0 Å². The Bertz CT molecular complexity index is 4400. The maximum absolute atomic E-state index is 9.92. The number of nitrogens with zero attached hydrogens (tertiary/aromatic N) is 3. The normalized spacial score (nSPS) is 18.7. The van der Waals surface area contributed by atoms with Crippen molar-refractivity contribution in [3.63, 3.8) is 0 Å². The number of rotatable bonds is 4. The number of hydrogen-bond acceptors (Lipinski definition) is 3. The molecule has 0 fully saturated rings. The molecule has 0 bridgehead atoms. The van der Waals surface area contributed by atoms with E-state index in [1.807, 2.05) is 0 Å². The van der Waals surface area contributed by atoms with E-state index in [0.29, 0.717) is 0 Å². The zero-order chi connectivity index (χ0) is 53.6. The highest BCUT2D eigenvalue weighted by atomic mass is 16.3. The SMILES string of the molecule is [2H]c1c([2H])c([2H])c(-c2nc(-c3c([2H])c([2H])c([2H])c([2H])c3[2H])c3oc4c(-c5c([2H])c([2H])c6c7c5c5c([2H])c([2H])c([2H])c([2H])c5c5c([2H])c([2H])c([2H])c(c57)n6-c5c([2H])c([2H])c([2H])c([2H])c5[2H])cccc4c3n2)c([2H])c1[2H]. The van der Waals surface area contributed by atoms with Crippen molar-refractivity contribution in [1.82, 2.24) is 14.5 Å². The van der Waals surface area contributed by atoms with Crippen LogP contribution in [0.5, 0.6) is 0 Å². The van der Waals surface area contributed by atoms with Crippen molar-refractivity contribution in [3.05, 3.63) is 163 Å². The minimum absolute atomic E-state index is 0.00865. The third-order valence-corrected chi connectivity index (χ3v) is 8.56. The van der Waals surface area contributed by atoms with E-state index in [0.717, 1.165) is 4.57 Å². The number of furan rings is 1. The lowest BCUT2D eigenvalue weighted by Gasteiger charge is -2.13. The Labute approximate surface area is 320 Å². The van der Waals surface area contributed by atoms with Crippen molar-refractivity contribution in [1.29, 1.82) is 0 Å². The average molecular weight is 662 g/mol. The van der Waals surface area contributed by atoms with Gasteiger partial charge in [0.1, 0.15) is 16.8 Å². The second kappa shape index (κ2) is 10.4. The molecule has 0 saturated carbocycles. The maximum atomic E-state index is 9.92. The molecule has 0 unspecified atom stereocenters. The molecule has 0 aliphatic carbocycles. The third kappa shape index (κ3) is 3.76. The molecular weight excluding hydrogens is 611 g/mol. The van der Waals surface area contributed by atoms with Gasteiger partial charge in [-0.2, -0.15) is 0 Å². The first-order valence-corrected chi connectivity index (χ1v) is 15.0. The minimum atomic E-state index is -0.824. The van der Waals surface area contributed by atoms with Gasteiger partial charge in [0.15, 0.2) is 11.4 Å². The Balaban J connectivity index is 1.40. The summed E-state index contributed by atoms with van der Waals surface area (Å²) in [5, 5.41) is -1.60. The van der Waals surface area contributed by atoms with Gasteiger partial charge in [0.2, 0.25) is 0 Å². The molecule has 232 valence electrons. The Morgan fingerprint density at radius 3 is 1.94 bits per heavy atom. The van der Waals surface area contributed by atoms with Crippen LogP contribution in [0.1, 0.15) is 32.9 Å². The van der Waals surface area contributed by atoms with Crippen molar-refractivity contribution in [2.24, 2.45) is 0 Å². The van der Waals surface area contributed by atoms with Gasteiger partial charge in [0, 0.05) is 43.9 Å². The first kappa shape index (κ1) is 12.9. The van der Waals surface area contributed by atoms with E-state index in [1.54, 1.807) is 0 Å². The lowest BCUT2D eigenvalue weighted by atomic mass is 9.89. The second-order valence-electron chi connectivity index (χ2n) is 11.1. The number of benzene rings is 8. The van der Waals surface area contributed by atoms with E-state index in [-0.39, 0.29) is 71.0 Å². The van der Waals surface area contributed by atoms with E-state index in [4.69, 9.17) is 29.1 Å². The summed E-state index contributed by atoms with van der Waals surface area (Å²) in [5.41, 5.74) is -4.21. The van der Waals surface area contributed by atoms with Crippen LogP contribution < -0.4 is 0 Å². The molecular formula is C46H27N3O. The lowest BCUT2D eigenvalue weighted by Crippen LogP contribution is -1.93. The highest BCUT2D eigenvalue weighted by Gasteiger charge is 2.25. The molecule has 3 aromatic heterocycles. The van der Waals surface area contributed by atoms with Crippen LogP contribution in [0.25, 0.3) is 105 Å². The summed E-state index contributed by atoms with van der Waals surface area (Å²) in [6, 6.07) is -14.1. The van der Waals surface area contributed by atoms with Crippen molar-refractivity contribution < 1.29 is 37.3 Å². The Hall–Kier alpha value is -6.78. The van der Waals surface area contributed by atoms with Crippen LogP contribution in [0.15, 0.2) is 168 Å². The van der Waals surface area contributed by atoms with Gasteiger partial charge in [-0.25, -0.2) is 9.97 Å². The fraction of sp³-hybridized carbons (Fsp3) is 0. The molecule has 11 aromatic rings. The van der Waals surface area contributed by atoms with E-state index in [2.05, 4.69) is 9.97 Å². The van der Waals surface area contributed by atoms with Gasteiger partial charge in [-0.1, -0.05) is 133 Å². The van der Waals surface area contributed by atoms with Crippen LogP contribution in [0, 0.1) is 0 Å². The lowest BCUT2D eigenvalue weighted by molar-refractivity contribution is 0.668. The molecule has 0 amide bonds. The largest absolute Gasteiger partial charge is 0.451 e. The molecule has 0 N–H and O–H groups in total. The van der Waals surface area contributed by atoms with Gasteiger partial charge in [0.25, 0.3) is 0 Å². The third-order valence-electron chi connectivity index (χ3n) is 8.56. The summed E-state index contributed by atoms with van der Waals surface area (Å²) < 4.78 is 221. The average Bonchev–Trinajstić information content (AvgIpc) is 4.01. The van der Waals surface area contributed by atoms with E-state index < -0.39 is 179 Å². The van der Waals surface area contributed by atoms with Gasteiger partial charge in [0.05, 0.1) is 43.9 Å². The topological polar surface area (TPSA) is 43.9 Å². The smallest absolute Gasteiger partial charge is 0.180 e. The summed E-state index contributed by atoms with van der Waals surface area (Å²) >= 11 is 0. The number of aromatic nitrogens is 3. The van der Waals surface area contributed by atoms with Crippen LogP contribution in [-0.2, 0) is 0 Å². The summed E-state index contributed by atoms with van der Waals surface area (Å²) in [7, 11) is 0. The minimum Gasteiger partial charge on any atom is -0.451 e. The molecule has 0 aliphatic rings. The number of para-hydroxylation sites is 2. The molecule has 0 atom stereocenters. The van der Waals surface area contributed by atoms with Crippen molar-refractivity contribution in [2.45, 2.75) is 0 Å². The molecule has 0 saturated heterocycles. The van der Waals surface area contributed by atoms with Crippen molar-refractivity contribution >= 4 is 65.4 Å². The molecule has 4 nitrogen and oxygen atoms in total. The van der Waals surface area contributed by atoms with Gasteiger partial charge in [-0.3, -0.25) is 0 Å². The first-order chi connectivity index (χ1) is 34.8. The Morgan fingerprint density at radius 1 is 0.480 bits per heavy atom. The Morgan fingerprint density at radius 2 is 1.14 bits per heavy atom. The van der Waals surface area contributed by atoms with Gasteiger partial charge < -0.3 is 8.98 Å². The summed E-state index contributed by atoms with van der Waals surface area (Å²) in [5.74, 6) is -0.556. The highest BCUT2D eigenvalue weighted by molar-refractivity contribution is 6.37. The fourth-order valence-corrected chi connectivity index (χ4v) is 6.60. The molecule has 11 rings (SSSR count). The van der Waals surface area contributed by atoms with E-state index >= 15 is 0 Å². The predicted octanol–water partition coefficient (Wildman–Crippen LogP) is 12.2. The van der Waals surface area contributed by atoms with Crippen molar-refractivity contribution in [3.8, 4) is 39.5 Å². The predicted molar refractivity (Wildman–Crippen MR) is 206 cm³/mol. The first-order valence-electron chi connectivity index (χ1n) is 27.0. The van der Waals surface area contributed by atoms with E-state index in [1.165, 1.54) is 18.2 Å². The fourth-order valence-electron chi connectivity index (χ4n) is 6.60. The standard InChI is InChI=1S/C46H27N3O/c1-4-14-28(15-5-1)42-45-43(48-46(47-42)29-16-6-2-7-17-29)36-24-12-23-35(44(36)50-45)34-26-27-38-41-39(34)32-21-11-10-20-31(32)33-22-13-25-37(40(33)41)49(38)30-18-8-3-9-19-30/h1-27H/i1D,2D,3D,4D,5D,6D,7D,8D,9D,10D,11D,13D,14D,15D,16D,17D,18D,19D,20D,21D,22D,25D,26D,27D.